The molecule has 0 saturated heterocycles. The molecular weight excluding hydrogens is 286 g/mol. The number of hydrogen-bond donors (Lipinski definition) is 1. The second-order valence-electron chi connectivity index (χ2n) is 4.01. The van der Waals surface area contributed by atoms with E-state index < -0.39 is 0 Å². The first-order valence-corrected chi connectivity index (χ1v) is 6.93. The Bertz CT molecular complexity index is 337. The average molecular weight is 305 g/mol. The lowest BCUT2D eigenvalue weighted by atomic mass is 9.89. The van der Waals surface area contributed by atoms with Gasteiger partial charge in [0.05, 0.1) is 0 Å². The number of nitrogens with one attached hydrogen (secondary N) is 1. The van der Waals surface area contributed by atoms with Gasteiger partial charge in [-0.15, -0.1) is 0 Å². The van der Waals surface area contributed by atoms with Gasteiger partial charge < -0.3 is 5.32 Å². The molecule has 0 heterocycles. The highest BCUT2D eigenvalue weighted by atomic mass is 79.9. The molecule has 1 nitrogen and oxygen atoms in total. The van der Waals surface area contributed by atoms with Crippen LogP contribution in [0.2, 0.25) is 5.02 Å². The van der Waals surface area contributed by atoms with E-state index in [-0.39, 0.29) is 0 Å². The molecule has 1 atom stereocenters. The van der Waals surface area contributed by atoms with Crippen molar-refractivity contribution in [2.24, 2.45) is 5.92 Å². The normalized spacial score (nSPS) is 13.1. The molecule has 0 saturated carbocycles. The Morgan fingerprint density at radius 3 is 2.44 bits per heavy atom. The average Bonchev–Trinajstić information content (AvgIpc) is 2.29. The van der Waals surface area contributed by atoms with Gasteiger partial charge in [-0.05, 0) is 36.7 Å². The number of hydrogen-bond acceptors (Lipinski definition) is 1. The standard InChI is InChI=1S/C13H19BrClN/c1-4-9(5-2)13(16-3)11-8-10(15)6-7-12(11)14/h6-9,13,16H,4-5H2,1-3H3. The molecule has 0 radical (unpaired) electrons. The van der Waals surface area contributed by atoms with E-state index in [1.54, 1.807) is 0 Å². The molecule has 0 aliphatic heterocycles. The maximum atomic E-state index is 6.06. The largest absolute Gasteiger partial charge is 0.313 e. The third-order valence-corrected chi connectivity index (χ3v) is 4.08. The molecule has 1 rings (SSSR count). The highest BCUT2D eigenvalue weighted by Gasteiger charge is 2.20. The lowest BCUT2D eigenvalue weighted by Gasteiger charge is -2.26. The Morgan fingerprint density at radius 1 is 1.31 bits per heavy atom. The lowest BCUT2D eigenvalue weighted by molar-refractivity contribution is 0.358. The zero-order chi connectivity index (χ0) is 12.1. The van der Waals surface area contributed by atoms with Crippen LogP contribution >= 0.6 is 27.5 Å². The van der Waals surface area contributed by atoms with Crippen LogP contribution in [0.3, 0.4) is 0 Å². The van der Waals surface area contributed by atoms with Crippen LogP contribution in [0.1, 0.15) is 38.3 Å². The molecule has 1 aromatic rings. The minimum atomic E-state index is 0.364. The predicted molar refractivity (Wildman–Crippen MR) is 75.0 cm³/mol. The summed E-state index contributed by atoms with van der Waals surface area (Å²) in [5.41, 5.74) is 1.25. The molecule has 0 aliphatic rings. The zero-order valence-electron chi connectivity index (χ0n) is 10.1. The van der Waals surface area contributed by atoms with Crippen LogP contribution in [0, 0.1) is 5.92 Å². The van der Waals surface area contributed by atoms with Gasteiger partial charge >= 0.3 is 0 Å². The molecule has 16 heavy (non-hydrogen) atoms. The van der Waals surface area contributed by atoms with Crippen LogP contribution in [0.25, 0.3) is 0 Å². The van der Waals surface area contributed by atoms with Crippen LogP contribution < -0.4 is 5.32 Å². The van der Waals surface area contributed by atoms with Gasteiger partial charge in [0.25, 0.3) is 0 Å². The summed E-state index contributed by atoms with van der Waals surface area (Å²) >= 11 is 9.66. The van der Waals surface area contributed by atoms with E-state index in [4.69, 9.17) is 11.6 Å². The Morgan fingerprint density at radius 2 is 1.94 bits per heavy atom. The van der Waals surface area contributed by atoms with E-state index in [2.05, 4.69) is 35.1 Å². The molecule has 0 aromatic heterocycles. The van der Waals surface area contributed by atoms with Crippen molar-refractivity contribution in [3.05, 3.63) is 33.3 Å². The van der Waals surface area contributed by atoms with Crippen molar-refractivity contribution in [2.75, 3.05) is 7.05 Å². The first kappa shape index (κ1) is 14.0. The van der Waals surface area contributed by atoms with E-state index in [1.807, 2.05) is 25.2 Å². The van der Waals surface area contributed by atoms with E-state index in [0.29, 0.717) is 12.0 Å². The fraction of sp³-hybridized carbons (Fsp3) is 0.538. The van der Waals surface area contributed by atoms with Gasteiger partial charge in [-0.3, -0.25) is 0 Å². The maximum absolute atomic E-state index is 6.06. The van der Waals surface area contributed by atoms with E-state index in [0.717, 1.165) is 9.50 Å². The van der Waals surface area contributed by atoms with Crippen molar-refractivity contribution in [1.29, 1.82) is 0 Å². The van der Waals surface area contributed by atoms with Gasteiger partial charge in [-0.1, -0.05) is 54.2 Å². The Balaban J connectivity index is 3.06. The fourth-order valence-electron chi connectivity index (χ4n) is 2.16. The highest BCUT2D eigenvalue weighted by molar-refractivity contribution is 9.10. The first-order chi connectivity index (χ1) is 7.63. The molecule has 0 amide bonds. The molecule has 0 fully saturated rings. The van der Waals surface area contributed by atoms with Crippen LogP contribution in [-0.4, -0.2) is 7.05 Å². The van der Waals surface area contributed by atoms with Crippen molar-refractivity contribution < 1.29 is 0 Å². The fourth-order valence-corrected chi connectivity index (χ4v) is 2.83. The second-order valence-corrected chi connectivity index (χ2v) is 5.30. The predicted octanol–water partition coefficient (Wildman–Crippen LogP) is 4.80. The summed E-state index contributed by atoms with van der Waals surface area (Å²) in [6, 6.07) is 6.34. The van der Waals surface area contributed by atoms with Gasteiger partial charge in [0.15, 0.2) is 0 Å². The SMILES string of the molecule is CCC(CC)C(NC)c1cc(Cl)ccc1Br. The summed E-state index contributed by atoms with van der Waals surface area (Å²) in [4.78, 5) is 0. The molecular formula is C13H19BrClN. The maximum Gasteiger partial charge on any atom is 0.0410 e. The Kier molecular flexibility index (Phi) is 5.81. The summed E-state index contributed by atoms with van der Waals surface area (Å²) in [5.74, 6) is 0.639. The lowest BCUT2D eigenvalue weighted by Crippen LogP contribution is -2.25. The van der Waals surface area contributed by atoms with Crippen LogP contribution in [0.15, 0.2) is 22.7 Å². The third kappa shape index (κ3) is 3.22. The highest BCUT2D eigenvalue weighted by Crippen LogP contribution is 2.33. The quantitative estimate of drug-likeness (QED) is 0.824. The third-order valence-electron chi connectivity index (χ3n) is 3.12. The summed E-state index contributed by atoms with van der Waals surface area (Å²) in [6.45, 7) is 4.47. The molecule has 90 valence electrons. The van der Waals surface area contributed by atoms with Crippen molar-refractivity contribution in [3.8, 4) is 0 Å². The summed E-state index contributed by atoms with van der Waals surface area (Å²) in [7, 11) is 2.01. The van der Waals surface area contributed by atoms with Gasteiger partial charge in [0, 0.05) is 15.5 Å². The Labute approximate surface area is 112 Å². The minimum Gasteiger partial charge on any atom is -0.313 e. The number of halogens is 2. The summed E-state index contributed by atoms with van der Waals surface area (Å²) < 4.78 is 1.13. The molecule has 1 N–H and O–H groups in total. The van der Waals surface area contributed by atoms with Crippen LogP contribution in [0.4, 0.5) is 0 Å². The second kappa shape index (κ2) is 6.63. The minimum absolute atomic E-state index is 0.364. The van der Waals surface area contributed by atoms with Gasteiger partial charge in [0.1, 0.15) is 0 Å². The summed E-state index contributed by atoms with van der Waals surface area (Å²) in [6.07, 6.45) is 2.34. The number of benzene rings is 1. The van der Waals surface area contributed by atoms with E-state index >= 15 is 0 Å². The molecule has 1 aromatic carbocycles. The first-order valence-electron chi connectivity index (χ1n) is 5.76. The van der Waals surface area contributed by atoms with Crippen molar-refractivity contribution >= 4 is 27.5 Å². The molecule has 3 heteroatoms. The molecule has 0 bridgehead atoms. The van der Waals surface area contributed by atoms with Crippen molar-refractivity contribution in [1.82, 2.24) is 5.32 Å². The zero-order valence-corrected chi connectivity index (χ0v) is 12.4. The molecule has 0 spiro atoms. The van der Waals surface area contributed by atoms with Gasteiger partial charge in [0.2, 0.25) is 0 Å². The molecule has 0 aliphatic carbocycles. The van der Waals surface area contributed by atoms with E-state index in [1.165, 1.54) is 18.4 Å². The monoisotopic (exact) mass is 303 g/mol. The van der Waals surface area contributed by atoms with Crippen LogP contribution in [-0.2, 0) is 0 Å². The molecule has 1 unspecified atom stereocenters. The number of rotatable bonds is 5. The van der Waals surface area contributed by atoms with E-state index in [9.17, 15) is 0 Å². The van der Waals surface area contributed by atoms with Crippen molar-refractivity contribution in [2.45, 2.75) is 32.7 Å². The van der Waals surface area contributed by atoms with Gasteiger partial charge in [-0.25, -0.2) is 0 Å². The summed E-state index contributed by atoms with van der Waals surface area (Å²) in [5, 5.41) is 4.20. The van der Waals surface area contributed by atoms with Gasteiger partial charge in [-0.2, -0.15) is 0 Å². The van der Waals surface area contributed by atoms with Crippen LogP contribution in [0.5, 0.6) is 0 Å². The Hall–Kier alpha value is -0.0500. The smallest absolute Gasteiger partial charge is 0.0410 e. The topological polar surface area (TPSA) is 12.0 Å². The van der Waals surface area contributed by atoms with Crippen molar-refractivity contribution in [3.63, 3.8) is 0 Å².